The maximum Gasteiger partial charge on any atom is 0.224 e. The molecule has 3 rings (SSSR count). The molecular weight excluding hydrogens is 276 g/mol. The van der Waals surface area contributed by atoms with Crippen LogP contribution in [0.1, 0.15) is 45.0 Å². The molecule has 1 aliphatic rings. The van der Waals surface area contributed by atoms with Crippen molar-refractivity contribution in [2.45, 2.75) is 51.7 Å². The van der Waals surface area contributed by atoms with Crippen molar-refractivity contribution >= 4 is 16.9 Å². The molecular formula is C17H24N4O. The molecule has 22 heavy (non-hydrogen) atoms. The van der Waals surface area contributed by atoms with E-state index in [1.165, 1.54) is 0 Å². The van der Waals surface area contributed by atoms with Gasteiger partial charge in [0.1, 0.15) is 5.82 Å². The number of benzene rings is 1. The van der Waals surface area contributed by atoms with Crippen LogP contribution in [0.3, 0.4) is 0 Å². The van der Waals surface area contributed by atoms with Gasteiger partial charge in [0.25, 0.3) is 0 Å². The molecule has 2 atom stereocenters. The van der Waals surface area contributed by atoms with E-state index in [9.17, 15) is 4.79 Å². The van der Waals surface area contributed by atoms with E-state index >= 15 is 0 Å². The predicted molar refractivity (Wildman–Crippen MR) is 87.4 cm³/mol. The van der Waals surface area contributed by atoms with Crippen molar-refractivity contribution in [2.75, 3.05) is 6.54 Å². The van der Waals surface area contributed by atoms with Crippen LogP contribution in [0.5, 0.6) is 0 Å². The van der Waals surface area contributed by atoms with Crippen LogP contribution in [-0.4, -0.2) is 32.9 Å². The minimum Gasteiger partial charge on any atom is -0.332 e. The third-order valence-corrected chi connectivity index (χ3v) is 4.37. The van der Waals surface area contributed by atoms with Gasteiger partial charge in [0.15, 0.2) is 0 Å². The van der Waals surface area contributed by atoms with E-state index in [1.54, 1.807) is 0 Å². The summed E-state index contributed by atoms with van der Waals surface area (Å²) in [5, 5.41) is 0. The molecule has 118 valence electrons. The summed E-state index contributed by atoms with van der Waals surface area (Å²) < 4.78 is 2.23. The number of carbonyl (C=O) groups is 1. The maximum absolute atomic E-state index is 12.5. The van der Waals surface area contributed by atoms with Crippen molar-refractivity contribution in [3.63, 3.8) is 0 Å². The number of amides is 1. The third-order valence-electron chi connectivity index (χ3n) is 4.37. The number of imidazole rings is 1. The zero-order chi connectivity index (χ0) is 15.7. The van der Waals surface area contributed by atoms with E-state index in [4.69, 9.17) is 10.7 Å². The molecule has 0 bridgehead atoms. The second-order valence-electron chi connectivity index (χ2n) is 6.13. The van der Waals surface area contributed by atoms with Crippen LogP contribution < -0.4 is 5.73 Å². The van der Waals surface area contributed by atoms with Gasteiger partial charge in [0, 0.05) is 25.6 Å². The zero-order valence-electron chi connectivity index (χ0n) is 13.3. The molecule has 1 aliphatic heterocycles. The molecule has 1 aromatic heterocycles. The van der Waals surface area contributed by atoms with Crippen LogP contribution in [0.2, 0.25) is 0 Å². The molecule has 1 amide bonds. The molecule has 1 aromatic carbocycles. The second-order valence-corrected chi connectivity index (χ2v) is 6.13. The number of fused-ring (bicyclic) bond motifs is 1. The van der Waals surface area contributed by atoms with Crippen molar-refractivity contribution in [3.05, 3.63) is 30.1 Å². The van der Waals surface area contributed by atoms with E-state index in [1.807, 2.05) is 30.0 Å². The van der Waals surface area contributed by atoms with Crippen molar-refractivity contribution in [2.24, 2.45) is 5.73 Å². The number of aromatic nitrogens is 2. The number of nitrogens with two attached hydrogens (primary N) is 1. The Bertz CT molecular complexity index is 676. The van der Waals surface area contributed by atoms with Crippen LogP contribution in [0.4, 0.5) is 0 Å². The molecule has 0 saturated carbocycles. The Morgan fingerprint density at radius 1 is 1.45 bits per heavy atom. The Kier molecular flexibility index (Phi) is 4.16. The quantitative estimate of drug-likeness (QED) is 0.943. The van der Waals surface area contributed by atoms with Gasteiger partial charge >= 0.3 is 0 Å². The van der Waals surface area contributed by atoms with Crippen molar-refractivity contribution in [3.8, 4) is 0 Å². The summed E-state index contributed by atoms with van der Waals surface area (Å²) in [6.45, 7) is 5.68. The monoisotopic (exact) mass is 300 g/mol. The fourth-order valence-corrected chi connectivity index (χ4v) is 3.41. The van der Waals surface area contributed by atoms with Crippen molar-refractivity contribution in [1.29, 1.82) is 0 Å². The summed E-state index contributed by atoms with van der Waals surface area (Å²) in [6, 6.07) is 8.16. The summed E-state index contributed by atoms with van der Waals surface area (Å²) in [4.78, 5) is 19.2. The number of aryl methyl sites for hydroxylation is 1. The van der Waals surface area contributed by atoms with E-state index in [-0.39, 0.29) is 18.0 Å². The van der Waals surface area contributed by atoms with Crippen LogP contribution >= 0.6 is 0 Å². The summed E-state index contributed by atoms with van der Waals surface area (Å²) >= 11 is 0. The Labute approximate surface area is 131 Å². The van der Waals surface area contributed by atoms with Crippen LogP contribution in [0.15, 0.2) is 24.3 Å². The molecule has 5 heteroatoms. The molecule has 0 aliphatic carbocycles. The Balaban J connectivity index is 1.97. The lowest BCUT2D eigenvalue weighted by Gasteiger charge is -2.25. The summed E-state index contributed by atoms with van der Waals surface area (Å²) in [5.74, 6) is 1.16. The maximum atomic E-state index is 12.5. The predicted octanol–water partition coefficient (Wildman–Crippen LogP) is 2.46. The first kappa shape index (κ1) is 15.0. The van der Waals surface area contributed by atoms with Crippen LogP contribution in [0.25, 0.3) is 11.0 Å². The number of para-hydroxylation sites is 2. The second kappa shape index (κ2) is 6.08. The lowest BCUT2D eigenvalue weighted by molar-refractivity contribution is -0.132. The Morgan fingerprint density at radius 2 is 2.23 bits per heavy atom. The molecule has 2 aromatic rings. The topological polar surface area (TPSA) is 64.2 Å². The average Bonchev–Trinajstić information content (AvgIpc) is 3.10. The molecule has 1 fully saturated rings. The first-order valence-corrected chi connectivity index (χ1v) is 8.12. The number of hydrogen-bond donors (Lipinski definition) is 1. The van der Waals surface area contributed by atoms with Gasteiger partial charge in [0.05, 0.1) is 17.1 Å². The van der Waals surface area contributed by atoms with Gasteiger partial charge in [-0.1, -0.05) is 12.1 Å². The standard InChI is InChI=1S/C17H24N4O/c1-3-20-14-8-5-4-7-13(14)19-17(20)15-9-6-10-21(15)16(22)11-12(2)18/h4-5,7-8,12,15H,3,6,9-11,18H2,1-2H3. The van der Waals surface area contributed by atoms with E-state index < -0.39 is 0 Å². The van der Waals surface area contributed by atoms with Gasteiger partial charge in [-0.25, -0.2) is 4.98 Å². The fraction of sp³-hybridized carbons (Fsp3) is 0.529. The largest absolute Gasteiger partial charge is 0.332 e. The first-order chi connectivity index (χ1) is 10.6. The number of carbonyl (C=O) groups excluding carboxylic acids is 1. The minimum atomic E-state index is -0.0984. The Morgan fingerprint density at radius 3 is 2.95 bits per heavy atom. The van der Waals surface area contributed by atoms with Crippen LogP contribution in [0, 0.1) is 0 Å². The van der Waals surface area contributed by atoms with Gasteiger partial charge in [0.2, 0.25) is 5.91 Å². The highest BCUT2D eigenvalue weighted by Gasteiger charge is 2.33. The number of nitrogens with zero attached hydrogens (tertiary/aromatic N) is 3. The molecule has 1 saturated heterocycles. The van der Waals surface area contributed by atoms with Crippen LogP contribution in [-0.2, 0) is 11.3 Å². The zero-order valence-corrected chi connectivity index (χ0v) is 13.3. The third kappa shape index (κ3) is 2.61. The summed E-state index contributed by atoms with van der Waals surface area (Å²) in [5.41, 5.74) is 7.94. The molecule has 2 N–H and O–H groups in total. The lowest BCUT2D eigenvalue weighted by Crippen LogP contribution is -2.35. The normalized spacial score (nSPS) is 19.8. The highest BCUT2D eigenvalue weighted by Crippen LogP contribution is 2.33. The summed E-state index contributed by atoms with van der Waals surface area (Å²) in [7, 11) is 0. The van der Waals surface area contributed by atoms with E-state index in [0.717, 1.165) is 42.8 Å². The minimum absolute atomic E-state index is 0.0820. The van der Waals surface area contributed by atoms with Gasteiger partial charge in [-0.15, -0.1) is 0 Å². The lowest BCUT2D eigenvalue weighted by atomic mass is 10.1. The van der Waals surface area contributed by atoms with Crippen molar-refractivity contribution < 1.29 is 4.79 Å². The van der Waals surface area contributed by atoms with Gasteiger partial charge in [-0.2, -0.15) is 0 Å². The molecule has 5 nitrogen and oxygen atoms in total. The Hall–Kier alpha value is -1.88. The number of rotatable bonds is 4. The highest BCUT2D eigenvalue weighted by molar-refractivity contribution is 5.79. The van der Waals surface area contributed by atoms with Crippen molar-refractivity contribution in [1.82, 2.24) is 14.5 Å². The molecule has 2 unspecified atom stereocenters. The average molecular weight is 300 g/mol. The first-order valence-electron chi connectivity index (χ1n) is 8.12. The molecule has 0 spiro atoms. The molecule has 2 heterocycles. The van der Waals surface area contributed by atoms with E-state index in [2.05, 4.69) is 17.6 Å². The smallest absolute Gasteiger partial charge is 0.224 e. The number of hydrogen-bond acceptors (Lipinski definition) is 3. The van der Waals surface area contributed by atoms with Gasteiger partial charge in [-0.05, 0) is 38.8 Å². The van der Waals surface area contributed by atoms with Gasteiger partial charge < -0.3 is 15.2 Å². The fourth-order valence-electron chi connectivity index (χ4n) is 3.41. The van der Waals surface area contributed by atoms with E-state index in [0.29, 0.717) is 6.42 Å². The summed E-state index contributed by atoms with van der Waals surface area (Å²) in [6.07, 6.45) is 2.42. The SMILES string of the molecule is CCn1c(C2CCCN2C(=O)CC(C)N)nc2ccccc21. The van der Waals surface area contributed by atoms with Gasteiger partial charge in [-0.3, -0.25) is 4.79 Å². The molecule has 0 radical (unpaired) electrons. The highest BCUT2D eigenvalue weighted by atomic mass is 16.2. The number of likely N-dealkylation sites (tertiary alicyclic amines) is 1.